The number of amides is 1. The molecule has 22 heavy (non-hydrogen) atoms. The Morgan fingerprint density at radius 2 is 1.59 bits per heavy atom. The van der Waals surface area contributed by atoms with Gasteiger partial charge in [-0.15, -0.1) is 0 Å². The number of nitrogens with one attached hydrogen (secondary N) is 2. The summed E-state index contributed by atoms with van der Waals surface area (Å²) in [6.07, 6.45) is 3.94. The number of hydrogen-bond donors (Lipinski definition) is 2. The Hall–Kier alpha value is -0.190. The summed E-state index contributed by atoms with van der Waals surface area (Å²) in [7, 11) is 0. The standard InChI is InChI=1S/C15H18Cl4N2O/c16-12-7-5-11(6-8-12)13(22)20-14(15(17,18)19)21-9-3-1-2-4-10-21/h5-8,14H,1-4,9-10H2,(H,20,22)/p+1/t14-/m0/s1. The van der Waals surface area contributed by atoms with Gasteiger partial charge in [0, 0.05) is 10.6 Å². The molecule has 1 aromatic carbocycles. The molecular formula is C15H19Cl4N2O+. The van der Waals surface area contributed by atoms with Crippen molar-refractivity contribution < 1.29 is 9.69 Å². The number of benzene rings is 1. The molecule has 0 spiro atoms. The van der Waals surface area contributed by atoms with E-state index in [9.17, 15) is 4.79 Å². The van der Waals surface area contributed by atoms with E-state index in [2.05, 4.69) is 5.32 Å². The van der Waals surface area contributed by atoms with Crippen LogP contribution in [0.5, 0.6) is 0 Å². The average Bonchev–Trinajstić information content (AvgIpc) is 2.73. The van der Waals surface area contributed by atoms with Gasteiger partial charge in [-0.1, -0.05) is 46.4 Å². The first-order valence-electron chi connectivity index (χ1n) is 7.35. The van der Waals surface area contributed by atoms with Gasteiger partial charge in [0.05, 0.1) is 13.1 Å². The largest absolute Gasteiger partial charge is 0.312 e. The van der Waals surface area contributed by atoms with Crippen molar-refractivity contribution in [1.82, 2.24) is 5.32 Å². The maximum atomic E-state index is 12.4. The fourth-order valence-electron chi connectivity index (χ4n) is 2.70. The monoisotopic (exact) mass is 383 g/mol. The number of carbonyl (C=O) groups is 1. The van der Waals surface area contributed by atoms with Crippen LogP contribution in [0.1, 0.15) is 36.0 Å². The van der Waals surface area contributed by atoms with Crippen LogP contribution in [-0.4, -0.2) is 29.0 Å². The summed E-state index contributed by atoms with van der Waals surface area (Å²) in [4.78, 5) is 13.5. The molecule has 1 aliphatic rings. The van der Waals surface area contributed by atoms with Crippen molar-refractivity contribution >= 4 is 52.3 Å². The third-order valence-electron chi connectivity index (χ3n) is 3.86. The maximum Gasteiger partial charge on any atom is 0.262 e. The minimum Gasteiger partial charge on any atom is -0.312 e. The topological polar surface area (TPSA) is 33.5 Å². The van der Waals surface area contributed by atoms with Gasteiger partial charge in [-0.3, -0.25) is 10.1 Å². The number of carbonyl (C=O) groups excluding carboxylic acids is 1. The maximum absolute atomic E-state index is 12.4. The molecule has 1 amide bonds. The minimum atomic E-state index is -1.55. The van der Waals surface area contributed by atoms with Crippen LogP contribution in [0.2, 0.25) is 5.02 Å². The first kappa shape index (κ1) is 18.2. The highest BCUT2D eigenvalue weighted by atomic mass is 35.6. The molecule has 1 aromatic rings. The summed E-state index contributed by atoms with van der Waals surface area (Å²) < 4.78 is -1.55. The molecule has 1 heterocycles. The number of alkyl halides is 3. The van der Waals surface area contributed by atoms with Crippen LogP contribution in [-0.2, 0) is 0 Å². The quantitative estimate of drug-likeness (QED) is 0.770. The van der Waals surface area contributed by atoms with Gasteiger partial charge in [-0.2, -0.15) is 0 Å². The fourth-order valence-corrected chi connectivity index (χ4v) is 3.45. The highest BCUT2D eigenvalue weighted by molar-refractivity contribution is 6.68. The van der Waals surface area contributed by atoms with Crippen molar-refractivity contribution in [1.29, 1.82) is 0 Å². The van der Waals surface area contributed by atoms with Gasteiger partial charge in [0.25, 0.3) is 9.70 Å². The Balaban J connectivity index is 2.12. The second-order valence-electron chi connectivity index (χ2n) is 5.53. The molecule has 1 fully saturated rings. The van der Waals surface area contributed by atoms with Gasteiger partial charge in [0.15, 0.2) is 0 Å². The third kappa shape index (κ3) is 5.17. The lowest BCUT2D eigenvalue weighted by atomic mass is 10.2. The molecule has 0 aromatic heterocycles. The molecule has 122 valence electrons. The van der Waals surface area contributed by atoms with Crippen LogP contribution in [0.3, 0.4) is 0 Å². The zero-order valence-corrected chi connectivity index (χ0v) is 15.1. The molecule has 0 aliphatic carbocycles. The number of hydrogen-bond acceptors (Lipinski definition) is 1. The van der Waals surface area contributed by atoms with Crippen molar-refractivity contribution in [2.24, 2.45) is 0 Å². The predicted octanol–water partition coefficient (Wildman–Crippen LogP) is 3.23. The molecule has 0 unspecified atom stereocenters. The summed E-state index contributed by atoms with van der Waals surface area (Å²) in [6.45, 7) is 1.78. The molecular weight excluding hydrogens is 366 g/mol. The molecule has 0 bridgehead atoms. The summed E-state index contributed by atoms with van der Waals surface area (Å²) in [5, 5.41) is 3.45. The van der Waals surface area contributed by atoms with Gasteiger partial charge >= 0.3 is 0 Å². The van der Waals surface area contributed by atoms with E-state index >= 15 is 0 Å². The van der Waals surface area contributed by atoms with Crippen LogP contribution in [0.25, 0.3) is 0 Å². The summed E-state index contributed by atoms with van der Waals surface area (Å²) in [6, 6.07) is 6.65. The van der Waals surface area contributed by atoms with E-state index < -0.39 is 9.96 Å². The Morgan fingerprint density at radius 3 is 2.09 bits per heavy atom. The third-order valence-corrected chi connectivity index (χ3v) is 4.77. The highest BCUT2D eigenvalue weighted by Gasteiger charge is 2.42. The molecule has 0 radical (unpaired) electrons. The average molecular weight is 385 g/mol. The lowest BCUT2D eigenvalue weighted by Gasteiger charge is -2.32. The number of likely N-dealkylation sites (tertiary alicyclic amines) is 1. The molecule has 3 nitrogen and oxygen atoms in total. The second-order valence-corrected chi connectivity index (χ2v) is 8.33. The molecule has 2 N–H and O–H groups in total. The zero-order chi connectivity index (χ0) is 16.2. The van der Waals surface area contributed by atoms with Crippen molar-refractivity contribution in [2.75, 3.05) is 13.1 Å². The number of rotatable bonds is 3. The van der Waals surface area contributed by atoms with Gasteiger partial charge in [0.1, 0.15) is 0 Å². The Morgan fingerprint density at radius 1 is 1.05 bits per heavy atom. The number of quaternary nitrogens is 1. The summed E-state index contributed by atoms with van der Waals surface area (Å²) in [5.41, 5.74) is 0.498. The van der Waals surface area contributed by atoms with E-state index in [-0.39, 0.29) is 5.91 Å². The molecule has 1 saturated heterocycles. The first-order valence-corrected chi connectivity index (χ1v) is 8.87. The first-order chi connectivity index (χ1) is 10.4. The van der Waals surface area contributed by atoms with Crippen molar-refractivity contribution in [3.05, 3.63) is 34.9 Å². The molecule has 0 saturated carbocycles. The summed E-state index contributed by atoms with van der Waals surface area (Å²) in [5.74, 6) is -0.260. The lowest BCUT2D eigenvalue weighted by molar-refractivity contribution is -0.926. The van der Waals surface area contributed by atoms with Crippen LogP contribution in [0.15, 0.2) is 24.3 Å². The van der Waals surface area contributed by atoms with Crippen LogP contribution >= 0.6 is 46.4 Å². The van der Waals surface area contributed by atoms with Crippen LogP contribution in [0.4, 0.5) is 0 Å². The highest BCUT2D eigenvalue weighted by Crippen LogP contribution is 2.28. The van der Waals surface area contributed by atoms with Gasteiger partial charge in [-0.25, -0.2) is 0 Å². The van der Waals surface area contributed by atoms with E-state index in [1.165, 1.54) is 12.8 Å². The van der Waals surface area contributed by atoms with Crippen LogP contribution in [0, 0.1) is 0 Å². The molecule has 1 atom stereocenters. The van der Waals surface area contributed by atoms with Gasteiger partial charge in [-0.05, 0) is 49.9 Å². The SMILES string of the molecule is O=C(N[C@@H]([NH+]1CCCCCC1)C(Cl)(Cl)Cl)c1ccc(Cl)cc1. The lowest BCUT2D eigenvalue weighted by Crippen LogP contribution is -3.19. The van der Waals surface area contributed by atoms with Crippen molar-refractivity contribution in [3.63, 3.8) is 0 Å². The second kappa shape index (κ2) is 8.07. The van der Waals surface area contributed by atoms with Crippen molar-refractivity contribution in [3.8, 4) is 0 Å². The smallest absolute Gasteiger partial charge is 0.262 e. The van der Waals surface area contributed by atoms with E-state index in [4.69, 9.17) is 46.4 Å². The number of halogens is 4. The van der Waals surface area contributed by atoms with Gasteiger partial charge < -0.3 is 4.90 Å². The summed E-state index contributed by atoms with van der Waals surface area (Å²) >= 11 is 24.2. The van der Waals surface area contributed by atoms with E-state index in [1.54, 1.807) is 24.3 Å². The van der Waals surface area contributed by atoms with Crippen molar-refractivity contribution in [2.45, 2.75) is 35.6 Å². The van der Waals surface area contributed by atoms with E-state index in [1.807, 2.05) is 0 Å². The Labute approximate surface area is 150 Å². The molecule has 1 aliphatic heterocycles. The fraction of sp³-hybridized carbons (Fsp3) is 0.533. The zero-order valence-electron chi connectivity index (χ0n) is 12.0. The van der Waals surface area contributed by atoms with E-state index in [0.29, 0.717) is 10.6 Å². The van der Waals surface area contributed by atoms with E-state index in [0.717, 1.165) is 30.8 Å². The predicted molar refractivity (Wildman–Crippen MR) is 92.2 cm³/mol. The van der Waals surface area contributed by atoms with Gasteiger partial charge in [0.2, 0.25) is 6.17 Å². The molecule has 7 heteroatoms. The normalized spacial score (nSPS) is 18.5. The van der Waals surface area contributed by atoms with Crippen LogP contribution < -0.4 is 10.2 Å². The Bertz CT molecular complexity index is 493. The Kier molecular flexibility index (Phi) is 6.66. The minimum absolute atomic E-state index is 0.260. The molecule has 2 rings (SSSR count).